The van der Waals surface area contributed by atoms with Crippen LogP contribution in [0.3, 0.4) is 0 Å². The first-order chi connectivity index (χ1) is 46.2. The van der Waals surface area contributed by atoms with Crippen molar-refractivity contribution in [1.82, 2.24) is 19.6 Å². The maximum atomic E-state index is 12.1. The summed E-state index contributed by atoms with van der Waals surface area (Å²) >= 11 is 5.87. The molecular weight excluding hydrogens is 1220 g/mol. The number of hydrogen-bond donors (Lipinski definition) is 4. The van der Waals surface area contributed by atoms with Gasteiger partial charge in [0.15, 0.2) is 0 Å². The lowest BCUT2D eigenvalue weighted by atomic mass is 10.0. The molecule has 1 amide bonds. The molecule has 16 nitrogen and oxygen atoms in total. The van der Waals surface area contributed by atoms with Gasteiger partial charge in [0, 0.05) is 94.1 Å². The maximum absolute atomic E-state index is 12.1. The third-order valence-electron chi connectivity index (χ3n) is 16.1. The van der Waals surface area contributed by atoms with Crippen LogP contribution in [0.4, 0.5) is 11.4 Å². The lowest BCUT2D eigenvalue weighted by Crippen LogP contribution is -2.47. The lowest BCUT2D eigenvalue weighted by molar-refractivity contribution is -0.142. The van der Waals surface area contributed by atoms with Gasteiger partial charge in [0.05, 0.1) is 60.0 Å². The number of carbonyl (C=O) groups excluding carboxylic acids is 1. The van der Waals surface area contributed by atoms with Gasteiger partial charge >= 0.3 is 5.97 Å². The van der Waals surface area contributed by atoms with Crippen molar-refractivity contribution in [2.75, 3.05) is 174 Å². The normalized spacial score (nSPS) is 13.8. The van der Waals surface area contributed by atoms with Crippen molar-refractivity contribution in [3.05, 3.63) is 233 Å². The van der Waals surface area contributed by atoms with Crippen molar-refractivity contribution in [2.45, 2.75) is 43.6 Å². The van der Waals surface area contributed by atoms with Gasteiger partial charge in [0.2, 0.25) is 5.91 Å². The number of benzene rings is 7. The van der Waals surface area contributed by atoms with Gasteiger partial charge in [-0.1, -0.05) is 158 Å². The van der Waals surface area contributed by atoms with Crippen LogP contribution in [0.5, 0.6) is 5.75 Å². The monoisotopic (exact) mass is 1320 g/mol. The molecule has 0 bridgehead atoms. The Hall–Kier alpha value is -6.62. The van der Waals surface area contributed by atoms with E-state index in [1.165, 1.54) is 51.9 Å². The number of aryl methyl sites for hydroxylation is 2. The number of nitrogen functional groups attached to an aromatic ring is 1. The summed E-state index contributed by atoms with van der Waals surface area (Å²) < 4.78 is 38.7. The molecule has 2 aliphatic rings. The van der Waals surface area contributed by atoms with E-state index in [0.29, 0.717) is 52.0 Å². The predicted octanol–water partition coefficient (Wildman–Crippen LogP) is 11.6. The number of carbonyl (C=O) groups is 2. The first kappa shape index (κ1) is 74.8. The van der Waals surface area contributed by atoms with Crippen molar-refractivity contribution >= 4 is 47.6 Å². The van der Waals surface area contributed by atoms with Crippen molar-refractivity contribution in [3.63, 3.8) is 0 Å². The highest BCUT2D eigenvalue weighted by atomic mass is 32.2. The van der Waals surface area contributed by atoms with Crippen LogP contribution >= 0.6 is 24.4 Å². The highest BCUT2D eigenvalue weighted by molar-refractivity contribution is 7.98. The molecular formula is C76H100N6O10S2. The number of methoxy groups -OCH3 is 1. The predicted molar refractivity (Wildman–Crippen MR) is 384 cm³/mol. The second-order valence-electron chi connectivity index (χ2n) is 23.1. The molecule has 2 aliphatic heterocycles. The average molecular weight is 1320 g/mol. The fraction of sp³-hybridized carbons (Fsp3) is 0.421. The van der Waals surface area contributed by atoms with Crippen LogP contribution < -0.4 is 15.8 Å². The number of rotatable bonds is 39. The molecule has 0 spiro atoms. The van der Waals surface area contributed by atoms with E-state index in [4.69, 9.17) is 44.0 Å². The first-order valence-corrected chi connectivity index (χ1v) is 34.9. The summed E-state index contributed by atoms with van der Waals surface area (Å²) in [6.07, 6.45) is 4.42. The number of nitrogens with one attached hydrogen (secondary N) is 1. The van der Waals surface area contributed by atoms with Crippen LogP contribution in [0, 0.1) is 0 Å². The zero-order chi connectivity index (χ0) is 65.9. The van der Waals surface area contributed by atoms with Gasteiger partial charge in [-0.2, -0.15) is 24.4 Å². The second kappa shape index (κ2) is 45.7. The Morgan fingerprint density at radius 1 is 0.479 bits per heavy atom. The van der Waals surface area contributed by atoms with Crippen molar-refractivity contribution < 1.29 is 47.9 Å². The third-order valence-corrected chi connectivity index (χ3v) is 17.2. The number of carboxylic acids is 1. The van der Waals surface area contributed by atoms with E-state index in [1.807, 2.05) is 60.7 Å². The summed E-state index contributed by atoms with van der Waals surface area (Å²) in [6.45, 7) is 17.1. The Kier molecular flexibility index (Phi) is 36.4. The molecule has 0 unspecified atom stereocenters. The second-order valence-corrected chi connectivity index (χ2v) is 24.6. The fourth-order valence-corrected chi connectivity index (χ4v) is 11.8. The number of nitrogens with two attached hydrogens (primary N) is 1. The number of hydrogen-bond acceptors (Lipinski definition) is 16. The quantitative estimate of drug-likeness (QED) is 0.0163. The van der Waals surface area contributed by atoms with Gasteiger partial charge in [0.1, 0.15) is 31.2 Å². The van der Waals surface area contributed by atoms with Crippen LogP contribution in [0.2, 0.25) is 0 Å². The average Bonchev–Trinajstić information content (AvgIpc) is 2.32. The van der Waals surface area contributed by atoms with Crippen LogP contribution in [-0.2, 0) is 56.6 Å². The summed E-state index contributed by atoms with van der Waals surface area (Å²) in [5.74, 6) is 2.25. The first-order valence-electron chi connectivity index (χ1n) is 33.1. The van der Waals surface area contributed by atoms with Crippen LogP contribution in [-0.4, -0.2) is 200 Å². The number of ether oxygens (including phenoxy) is 7. The molecule has 2 fully saturated rings. The number of piperazine rings is 2. The Morgan fingerprint density at radius 3 is 1.30 bits per heavy atom. The molecule has 18 heteroatoms. The van der Waals surface area contributed by atoms with E-state index in [-0.39, 0.29) is 31.3 Å². The zero-order valence-corrected chi connectivity index (χ0v) is 56.7. The number of amides is 1. The Labute approximate surface area is 568 Å². The highest BCUT2D eigenvalue weighted by Crippen LogP contribution is 2.28. The molecule has 2 heterocycles. The molecule has 4 N–H and O–H groups in total. The molecule has 0 radical (unpaired) electrons. The number of anilines is 2. The molecule has 9 rings (SSSR count). The molecule has 7 aromatic rings. The van der Waals surface area contributed by atoms with E-state index in [2.05, 4.69) is 171 Å². The zero-order valence-electron chi connectivity index (χ0n) is 55.0. The van der Waals surface area contributed by atoms with Gasteiger partial charge in [-0.3, -0.25) is 14.6 Å². The molecule has 7 aromatic carbocycles. The van der Waals surface area contributed by atoms with Gasteiger partial charge < -0.3 is 59.1 Å². The standard InChI is InChI=1S/C34H45N3O4S.C28H35N3O.C14H20O5S/c38-33(28-40-25-24-39-26-27-42)35-32-15-13-29(14-16-32)8-7-17-36-18-20-37(21-19-36)22-23-41-34(30-9-3-1-4-10-30)31-11-5-2-6-12-31;29-27-15-13-24(14-16-27)8-7-17-30-18-20-31(21-19-30)22-23-32-28(25-9-3-1-4-10-25)26-11-5-2-6-12-26;1-17-13-4-2-12(3-5-13)11-20-9-8-18-6-7-19-10-14(15)16/h1-6,9-16,34,42H,7-8,17-28H2,(H,35,38);1-6,9-16,28H,7-8,17-23,29H2;2-5H,6-11H2,1H3,(H,15,16). The topological polar surface area (TPSA) is 170 Å². The molecule has 0 aliphatic carbocycles. The van der Waals surface area contributed by atoms with Crippen LogP contribution in [0.1, 0.15) is 64.0 Å². The van der Waals surface area contributed by atoms with Gasteiger partial charge in [0.25, 0.3) is 0 Å². The van der Waals surface area contributed by atoms with Crippen molar-refractivity contribution in [3.8, 4) is 5.75 Å². The van der Waals surface area contributed by atoms with Crippen molar-refractivity contribution in [1.29, 1.82) is 0 Å². The number of thiol groups is 1. The van der Waals surface area contributed by atoms with E-state index in [1.54, 1.807) is 18.9 Å². The van der Waals surface area contributed by atoms with E-state index in [9.17, 15) is 9.59 Å². The minimum absolute atomic E-state index is 0.00738. The van der Waals surface area contributed by atoms with E-state index < -0.39 is 5.97 Å². The number of aliphatic carboxylic acids is 1. The summed E-state index contributed by atoms with van der Waals surface area (Å²) in [6, 6.07) is 66.4. The summed E-state index contributed by atoms with van der Waals surface area (Å²) in [5.41, 5.74) is 16.1. The summed E-state index contributed by atoms with van der Waals surface area (Å²) in [5, 5.41) is 11.2. The lowest BCUT2D eigenvalue weighted by Gasteiger charge is -2.35. The number of thioether (sulfide) groups is 1. The van der Waals surface area contributed by atoms with Gasteiger partial charge in [-0.15, -0.1) is 0 Å². The fourth-order valence-electron chi connectivity index (χ4n) is 10.9. The highest BCUT2D eigenvalue weighted by Gasteiger charge is 2.21. The smallest absolute Gasteiger partial charge is 0.329 e. The van der Waals surface area contributed by atoms with Crippen LogP contribution in [0.15, 0.2) is 194 Å². The molecule has 506 valence electrons. The number of nitrogens with zero attached hydrogens (tertiary/aromatic N) is 4. The summed E-state index contributed by atoms with van der Waals surface area (Å²) in [4.78, 5) is 32.4. The summed E-state index contributed by atoms with van der Waals surface area (Å²) in [7, 11) is 1.65. The van der Waals surface area contributed by atoms with Crippen LogP contribution in [0.25, 0.3) is 0 Å². The molecule has 0 atom stereocenters. The van der Waals surface area contributed by atoms with Crippen molar-refractivity contribution in [2.24, 2.45) is 0 Å². The third kappa shape index (κ3) is 30.4. The molecule has 0 saturated carbocycles. The van der Waals surface area contributed by atoms with E-state index in [0.717, 1.165) is 126 Å². The molecule has 0 aromatic heterocycles. The Balaban J connectivity index is 0.000000213. The Morgan fingerprint density at radius 2 is 0.872 bits per heavy atom. The van der Waals surface area contributed by atoms with Gasteiger partial charge in [-0.05, 0) is 114 Å². The molecule has 94 heavy (non-hydrogen) atoms. The minimum atomic E-state index is -0.958. The SMILES string of the molecule is COc1ccc(CSCCOCCOCC(=O)O)cc1.Nc1ccc(CCCN2CCN(CCOC(c3ccccc3)c3ccccc3)CC2)cc1.O=C(COCCOCCS)Nc1ccc(CCCN2CCN(CCOC(c3ccccc3)c3ccccc3)CC2)cc1. The number of carboxylic acid groups (broad SMARTS) is 1. The largest absolute Gasteiger partial charge is 0.497 e. The molecule has 2 saturated heterocycles. The Bertz CT molecular complexity index is 2980. The van der Waals surface area contributed by atoms with E-state index >= 15 is 0 Å². The maximum Gasteiger partial charge on any atom is 0.329 e. The van der Waals surface area contributed by atoms with Gasteiger partial charge in [-0.25, -0.2) is 4.79 Å². The minimum Gasteiger partial charge on any atom is -0.497 e.